The van der Waals surface area contributed by atoms with Crippen LogP contribution in [0, 0.1) is 0 Å². The van der Waals surface area contributed by atoms with Gasteiger partial charge in [0.25, 0.3) is 0 Å². The Morgan fingerprint density at radius 1 is 1.33 bits per heavy atom. The van der Waals surface area contributed by atoms with Gasteiger partial charge < -0.3 is 15.2 Å². The summed E-state index contributed by atoms with van der Waals surface area (Å²) < 4.78 is 11.1. The predicted molar refractivity (Wildman–Crippen MR) is 85.6 cm³/mol. The van der Waals surface area contributed by atoms with E-state index in [0.717, 1.165) is 44.8 Å². The van der Waals surface area contributed by atoms with E-state index in [1.54, 1.807) is 7.11 Å². The first-order valence-corrected chi connectivity index (χ1v) is 7.96. The topological polar surface area (TPSA) is 47.7 Å². The minimum Gasteiger partial charge on any atom is -0.494 e. The maximum Gasteiger partial charge on any atom is 0.119 e. The Morgan fingerprint density at radius 2 is 2.10 bits per heavy atom. The molecule has 0 bridgehead atoms. The molecule has 2 rings (SSSR count). The number of rotatable bonds is 7. The van der Waals surface area contributed by atoms with Gasteiger partial charge in [0.2, 0.25) is 0 Å². The monoisotopic (exact) mass is 292 g/mol. The third-order valence-corrected chi connectivity index (χ3v) is 4.03. The average molecular weight is 292 g/mol. The smallest absolute Gasteiger partial charge is 0.119 e. The van der Waals surface area contributed by atoms with Crippen LogP contribution in [0.2, 0.25) is 0 Å². The van der Waals surface area contributed by atoms with Crippen molar-refractivity contribution in [1.82, 2.24) is 4.90 Å². The molecule has 1 aromatic carbocycles. The van der Waals surface area contributed by atoms with Crippen LogP contribution in [0.25, 0.3) is 0 Å². The Kier molecular flexibility index (Phi) is 6.49. The number of nitrogens with zero attached hydrogens (tertiary/aromatic N) is 1. The zero-order chi connectivity index (χ0) is 15.1. The van der Waals surface area contributed by atoms with E-state index in [-0.39, 0.29) is 6.04 Å². The summed E-state index contributed by atoms with van der Waals surface area (Å²) in [5.41, 5.74) is 7.50. The first-order chi connectivity index (χ1) is 10.2. The fraction of sp³-hybridized carbons (Fsp3) is 0.647. The van der Waals surface area contributed by atoms with Crippen LogP contribution in [0.3, 0.4) is 0 Å². The molecule has 4 heteroatoms. The highest BCUT2D eigenvalue weighted by Crippen LogP contribution is 2.20. The Morgan fingerprint density at radius 3 is 2.76 bits per heavy atom. The summed E-state index contributed by atoms with van der Waals surface area (Å²) in [5.74, 6) is 0.921. The van der Waals surface area contributed by atoms with Crippen LogP contribution in [-0.2, 0) is 4.74 Å². The van der Waals surface area contributed by atoms with Crippen molar-refractivity contribution in [2.45, 2.75) is 38.3 Å². The number of ether oxygens (including phenoxy) is 2. The molecule has 0 aliphatic carbocycles. The molecule has 2 unspecified atom stereocenters. The lowest BCUT2D eigenvalue weighted by Gasteiger charge is -2.33. The van der Waals surface area contributed by atoms with Crippen molar-refractivity contribution >= 4 is 0 Å². The van der Waals surface area contributed by atoms with Gasteiger partial charge in [0, 0.05) is 26.2 Å². The molecule has 0 spiro atoms. The molecule has 0 saturated carbocycles. The van der Waals surface area contributed by atoms with E-state index >= 15 is 0 Å². The van der Waals surface area contributed by atoms with Crippen LogP contribution >= 0.6 is 0 Å². The second-order valence-corrected chi connectivity index (χ2v) is 5.78. The third kappa shape index (κ3) is 4.99. The molecule has 21 heavy (non-hydrogen) atoms. The highest BCUT2D eigenvalue weighted by Gasteiger charge is 2.21. The molecular formula is C17H28N2O2. The number of piperidine rings is 1. The van der Waals surface area contributed by atoms with Gasteiger partial charge in [-0.05, 0) is 43.5 Å². The number of benzene rings is 1. The van der Waals surface area contributed by atoms with Crippen LogP contribution < -0.4 is 10.5 Å². The molecular weight excluding hydrogens is 264 g/mol. The number of methoxy groups -OCH3 is 1. The molecule has 4 nitrogen and oxygen atoms in total. The Hall–Kier alpha value is -1.10. The zero-order valence-corrected chi connectivity index (χ0v) is 13.3. The minimum atomic E-state index is 0.0424. The summed E-state index contributed by atoms with van der Waals surface area (Å²) in [5, 5.41) is 0. The molecule has 2 atom stereocenters. The van der Waals surface area contributed by atoms with E-state index in [0.29, 0.717) is 6.10 Å². The van der Waals surface area contributed by atoms with Crippen LogP contribution in [0.15, 0.2) is 24.3 Å². The molecule has 2 N–H and O–H groups in total. The molecule has 118 valence electrons. The average Bonchev–Trinajstić information content (AvgIpc) is 2.53. The number of nitrogens with two attached hydrogens (primary N) is 1. The van der Waals surface area contributed by atoms with E-state index in [1.807, 2.05) is 12.1 Å². The van der Waals surface area contributed by atoms with E-state index < -0.39 is 0 Å². The van der Waals surface area contributed by atoms with Crippen molar-refractivity contribution in [2.24, 2.45) is 5.73 Å². The van der Waals surface area contributed by atoms with Gasteiger partial charge in [0.05, 0.1) is 12.7 Å². The molecule has 0 amide bonds. The summed E-state index contributed by atoms with van der Waals surface area (Å²) in [7, 11) is 1.79. The van der Waals surface area contributed by atoms with Crippen LogP contribution in [0.1, 0.15) is 37.8 Å². The fourth-order valence-electron chi connectivity index (χ4n) is 2.79. The maximum atomic E-state index is 6.34. The number of hydrogen-bond donors (Lipinski definition) is 1. The minimum absolute atomic E-state index is 0.0424. The molecule has 0 radical (unpaired) electrons. The summed E-state index contributed by atoms with van der Waals surface area (Å²) in [6, 6.07) is 8.22. The molecule has 0 aromatic heterocycles. The number of hydrogen-bond acceptors (Lipinski definition) is 4. The lowest BCUT2D eigenvalue weighted by Crippen LogP contribution is -2.42. The first kappa shape index (κ1) is 16.3. The molecule has 1 heterocycles. The van der Waals surface area contributed by atoms with Crippen LogP contribution in [0.4, 0.5) is 0 Å². The van der Waals surface area contributed by atoms with Gasteiger partial charge in [-0.1, -0.05) is 19.1 Å². The highest BCUT2D eigenvalue weighted by molar-refractivity contribution is 5.29. The van der Waals surface area contributed by atoms with Crippen molar-refractivity contribution < 1.29 is 9.47 Å². The molecule has 1 aliphatic heterocycles. The zero-order valence-electron chi connectivity index (χ0n) is 13.3. The van der Waals surface area contributed by atoms with Gasteiger partial charge in [-0.2, -0.15) is 0 Å². The second-order valence-electron chi connectivity index (χ2n) is 5.78. The third-order valence-electron chi connectivity index (χ3n) is 4.03. The first-order valence-electron chi connectivity index (χ1n) is 7.96. The van der Waals surface area contributed by atoms with Crippen molar-refractivity contribution in [1.29, 1.82) is 0 Å². The van der Waals surface area contributed by atoms with E-state index in [1.165, 1.54) is 12.0 Å². The van der Waals surface area contributed by atoms with Gasteiger partial charge in [0.1, 0.15) is 5.75 Å². The standard InChI is InChI=1S/C17H28N2O2/c1-3-11-21-15-8-6-14(7-9-15)17(18)13-19-10-4-5-16(12-19)20-2/h6-9,16-17H,3-5,10-13,18H2,1-2H3. The largest absolute Gasteiger partial charge is 0.494 e. The lowest BCUT2D eigenvalue weighted by molar-refractivity contribution is 0.0294. The summed E-state index contributed by atoms with van der Waals surface area (Å²) in [6.45, 7) is 5.86. The van der Waals surface area contributed by atoms with E-state index in [2.05, 4.69) is 24.0 Å². The van der Waals surface area contributed by atoms with Crippen LogP contribution in [0.5, 0.6) is 5.75 Å². The van der Waals surface area contributed by atoms with E-state index in [4.69, 9.17) is 15.2 Å². The highest BCUT2D eigenvalue weighted by atomic mass is 16.5. The Bertz CT molecular complexity index is 408. The van der Waals surface area contributed by atoms with Gasteiger partial charge >= 0.3 is 0 Å². The number of likely N-dealkylation sites (tertiary alicyclic amines) is 1. The van der Waals surface area contributed by atoms with Crippen molar-refractivity contribution in [2.75, 3.05) is 33.4 Å². The Labute approximate surface area is 128 Å². The fourth-order valence-corrected chi connectivity index (χ4v) is 2.79. The Balaban J connectivity index is 1.86. The van der Waals surface area contributed by atoms with Gasteiger partial charge in [-0.15, -0.1) is 0 Å². The molecule has 1 fully saturated rings. The van der Waals surface area contributed by atoms with Crippen molar-refractivity contribution in [3.8, 4) is 5.75 Å². The quantitative estimate of drug-likeness (QED) is 0.839. The normalized spacial score (nSPS) is 21.2. The SMILES string of the molecule is CCCOc1ccc(C(N)CN2CCCC(OC)C2)cc1. The molecule has 1 saturated heterocycles. The molecule has 1 aliphatic rings. The summed E-state index contributed by atoms with van der Waals surface area (Å²) in [6.07, 6.45) is 3.73. The van der Waals surface area contributed by atoms with E-state index in [9.17, 15) is 0 Å². The lowest BCUT2D eigenvalue weighted by atomic mass is 10.0. The maximum absolute atomic E-state index is 6.34. The van der Waals surface area contributed by atoms with Gasteiger partial charge in [0.15, 0.2) is 0 Å². The predicted octanol–water partition coefficient (Wildman–Crippen LogP) is 2.59. The molecule has 1 aromatic rings. The van der Waals surface area contributed by atoms with Gasteiger partial charge in [-0.25, -0.2) is 0 Å². The summed E-state index contributed by atoms with van der Waals surface area (Å²) >= 11 is 0. The van der Waals surface area contributed by atoms with Crippen LogP contribution in [-0.4, -0.2) is 44.4 Å². The van der Waals surface area contributed by atoms with Gasteiger partial charge in [-0.3, -0.25) is 4.90 Å². The van der Waals surface area contributed by atoms with Crippen molar-refractivity contribution in [3.63, 3.8) is 0 Å². The summed E-state index contributed by atoms with van der Waals surface area (Å²) in [4.78, 5) is 2.41. The second kappa shape index (κ2) is 8.37. The van der Waals surface area contributed by atoms with Crippen molar-refractivity contribution in [3.05, 3.63) is 29.8 Å².